The lowest BCUT2D eigenvalue weighted by Crippen LogP contribution is -2.30. The van der Waals surface area contributed by atoms with E-state index in [0.29, 0.717) is 13.0 Å². The first-order valence-electron chi connectivity index (χ1n) is 4.42. The van der Waals surface area contributed by atoms with Crippen molar-refractivity contribution in [1.82, 2.24) is 5.32 Å². The maximum Gasteiger partial charge on any atom is 0.308 e. The molecule has 0 aromatic rings. The van der Waals surface area contributed by atoms with Gasteiger partial charge in [0.25, 0.3) is 0 Å². The average molecular weight is 187 g/mol. The molecule has 76 valence electrons. The molecule has 2 unspecified atom stereocenters. The van der Waals surface area contributed by atoms with Crippen LogP contribution in [-0.2, 0) is 14.3 Å². The third-order valence-electron chi connectivity index (χ3n) is 2.15. The number of carbonyl (C=O) groups is 2. The van der Waals surface area contributed by atoms with Crippen LogP contribution in [0.25, 0.3) is 0 Å². The van der Waals surface area contributed by atoms with Crippen LogP contribution in [0.3, 0.4) is 0 Å². The zero-order chi connectivity index (χ0) is 10.3. The molecule has 1 amide bonds. The summed E-state index contributed by atoms with van der Waals surface area (Å²) in [7, 11) is 1.38. The Morgan fingerprint density at radius 2 is 2.23 bits per heavy atom. The average Bonchev–Trinajstić information content (AvgIpc) is 2.15. The van der Waals surface area contributed by atoms with Crippen LogP contribution < -0.4 is 5.32 Å². The Bertz CT molecular complexity index is 170. The standard InChI is InChI=1S/C9H17NO3/c1-4-8(9(12)13-3)7(2)5-10-6-11/h6-8H,4-5H2,1-3H3,(H,10,11). The van der Waals surface area contributed by atoms with E-state index in [-0.39, 0.29) is 17.8 Å². The number of hydrogen-bond acceptors (Lipinski definition) is 3. The Balaban J connectivity index is 4.05. The monoisotopic (exact) mass is 187 g/mol. The smallest absolute Gasteiger partial charge is 0.308 e. The van der Waals surface area contributed by atoms with Gasteiger partial charge in [-0.2, -0.15) is 0 Å². The number of methoxy groups -OCH3 is 1. The lowest BCUT2D eigenvalue weighted by Gasteiger charge is -2.19. The van der Waals surface area contributed by atoms with Gasteiger partial charge in [0.2, 0.25) is 6.41 Å². The Morgan fingerprint density at radius 3 is 2.62 bits per heavy atom. The number of hydrogen-bond donors (Lipinski definition) is 1. The number of carbonyl (C=O) groups excluding carboxylic acids is 2. The van der Waals surface area contributed by atoms with Crippen LogP contribution in [0.4, 0.5) is 0 Å². The Morgan fingerprint density at radius 1 is 1.62 bits per heavy atom. The molecule has 4 nitrogen and oxygen atoms in total. The van der Waals surface area contributed by atoms with Crippen molar-refractivity contribution in [2.24, 2.45) is 11.8 Å². The van der Waals surface area contributed by atoms with Crippen LogP contribution in [0.5, 0.6) is 0 Å². The SMILES string of the molecule is CCC(C(=O)OC)C(C)CNC=O. The first-order chi connectivity index (χ1) is 6.17. The summed E-state index contributed by atoms with van der Waals surface area (Å²) in [5.41, 5.74) is 0. The second-order valence-corrected chi connectivity index (χ2v) is 3.04. The van der Waals surface area contributed by atoms with E-state index in [1.807, 2.05) is 13.8 Å². The maximum atomic E-state index is 11.2. The van der Waals surface area contributed by atoms with Gasteiger partial charge >= 0.3 is 5.97 Å². The lowest BCUT2D eigenvalue weighted by molar-refractivity contribution is -0.147. The van der Waals surface area contributed by atoms with Crippen LogP contribution >= 0.6 is 0 Å². The van der Waals surface area contributed by atoms with Crippen molar-refractivity contribution in [1.29, 1.82) is 0 Å². The molecule has 0 aliphatic heterocycles. The summed E-state index contributed by atoms with van der Waals surface area (Å²) < 4.78 is 4.65. The van der Waals surface area contributed by atoms with Crippen molar-refractivity contribution >= 4 is 12.4 Å². The molecule has 0 bridgehead atoms. The van der Waals surface area contributed by atoms with Gasteiger partial charge in [0.1, 0.15) is 0 Å². The summed E-state index contributed by atoms with van der Waals surface area (Å²) >= 11 is 0. The third-order valence-corrected chi connectivity index (χ3v) is 2.15. The second kappa shape index (κ2) is 6.46. The van der Waals surface area contributed by atoms with E-state index in [9.17, 15) is 9.59 Å². The first kappa shape index (κ1) is 11.9. The third kappa shape index (κ3) is 3.92. The molecule has 1 N–H and O–H groups in total. The fraction of sp³-hybridized carbons (Fsp3) is 0.778. The molecule has 0 aliphatic carbocycles. The van der Waals surface area contributed by atoms with Crippen molar-refractivity contribution in [3.05, 3.63) is 0 Å². The zero-order valence-corrected chi connectivity index (χ0v) is 8.37. The highest BCUT2D eigenvalue weighted by Crippen LogP contribution is 2.16. The largest absolute Gasteiger partial charge is 0.469 e. The molecule has 0 spiro atoms. The summed E-state index contributed by atoms with van der Waals surface area (Å²) in [5, 5.41) is 2.55. The highest BCUT2D eigenvalue weighted by Gasteiger charge is 2.23. The fourth-order valence-electron chi connectivity index (χ4n) is 1.33. The van der Waals surface area contributed by atoms with Gasteiger partial charge in [0.05, 0.1) is 13.0 Å². The first-order valence-corrected chi connectivity index (χ1v) is 4.42. The maximum absolute atomic E-state index is 11.2. The lowest BCUT2D eigenvalue weighted by atomic mass is 9.92. The van der Waals surface area contributed by atoms with E-state index >= 15 is 0 Å². The topological polar surface area (TPSA) is 55.4 Å². The predicted octanol–water partition coefficient (Wildman–Crippen LogP) is 0.568. The molecule has 0 saturated heterocycles. The van der Waals surface area contributed by atoms with Crippen LogP contribution in [0.1, 0.15) is 20.3 Å². The minimum Gasteiger partial charge on any atom is -0.469 e. The number of rotatable bonds is 6. The highest BCUT2D eigenvalue weighted by atomic mass is 16.5. The van der Waals surface area contributed by atoms with E-state index < -0.39 is 0 Å². The van der Waals surface area contributed by atoms with Crippen molar-refractivity contribution in [3.8, 4) is 0 Å². The van der Waals surface area contributed by atoms with E-state index in [0.717, 1.165) is 6.42 Å². The summed E-state index contributed by atoms with van der Waals surface area (Å²) in [6, 6.07) is 0. The predicted molar refractivity (Wildman–Crippen MR) is 49.0 cm³/mol. The summed E-state index contributed by atoms with van der Waals surface area (Å²) in [6.45, 7) is 4.36. The molecule has 0 aromatic carbocycles. The number of amides is 1. The van der Waals surface area contributed by atoms with E-state index in [1.54, 1.807) is 0 Å². The van der Waals surface area contributed by atoms with Crippen LogP contribution in [0.15, 0.2) is 0 Å². The molecule has 0 rings (SSSR count). The zero-order valence-electron chi connectivity index (χ0n) is 8.37. The van der Waals surface area contributed by atoms with Crippen LogP contribution in [-0.4, -0.2) is 26.0 Å². The van der Waals surface area contributed by atoms with E-state index in [4.69, 9.17) is 0 Å². The second-order valence-electron chi connectivity index (χ2n) is 3.04. The van der Waals surface area contributed by atoms with Crippen LogP contribution in [0, 0.1) is 11.8 Å². The minimum atomic E-state index is -0.206. The molecule has 0 aromatic heterocycles. The van der Waals surface area contributed by atoms with Gasteiger partial charge in [-0.05, 0) is 12.3 Å². The number of nitrogens with one attached hydrogen (secondary N) is 1. The van der Waals surface area contributed by atoms with E-state index in [1.165, 1.54) is 7.11 Å². The number of esters is 1. The molecular formula is C9H17NO3. The molecular weight excluding hydrogens is 170 g/mol. The van der Waals surface area contributed by atoms with E-state index in [2.05, 4.69) is 10.1 Å². The van der Waals surface area contributed by atoms with Crippen molar-refractivity contribution < 1.29 is 14.3 Å². The quantitative estimate of drug-likeness (QED) is 0.488. The highest BCUT2D eigenvalue weighted by molar-refractivity contribution is 5.72. The van der Waals surface area contributed by atoms with Crippen molar-refractivity contribution in [2.75, 3.05) is 13.7 Å². The summed E-state index contributed by atoms with van der Waals surface area (Å²) in [5.74, 6) is -0.220. The Hall–Kier alpha value is -1.06. The van der Waals surface area contributed by atoms with Gasteiger partial charge in [0, 0.05) is 6.54 Å². The molecule has 0 aliphatic rings. The molecule has 0 fully saturated rings. The molecule has 2 atom stereocenters. The van der Waals surface area contributed by atoms with Crippen molar-refractivity contribution in [2.45, 2.75) is 20.3 Å². The molecule has 0 heterocycles. The summed E-state index contributed by atoms with van der Waals surface area (Å²) in [4.78, 5) is 21.2. The molecule has 4 heteroatoms. The van der Waals surface area contributed by atoms with Gasteiger partial charge in [-0.25, -0.2) is 0 Å². The summed E-state index contributed by atoms with van der Waals surface area (Å²) in [6.07, 6.45) is 1.37. The molecule has 0 radical (unpaired) electrons. The van der Waals surface area contributed by atoms with Gasteiger partial charge in [-0.15, -0.1) is 0 Å². The molecule has 13 heavy (non-hydrogen) atoms. The molecule has 0 saturated carbocycles. The van der Waals surface area contributed by atoms with Crippen molar-refractivity contribution in [3.63, 3.8) is 0 Å². The normalized spacial score (nSPS) is 14.4. The fourth-order valence-corrected chi connectivity index (χ4v) is 1.33. The van der Waals surface area contributed by atoms with Gasteiger partial charge < -0.3 is 10.1 Å². The van der Waals surface area contributed by atoms with Gasteiger partial charge in [-0.1, -0.05) is 13.8 Å². The number of ether oxygens (including phenoxy) is 1. The van der Waals surface area contributed by atoms with Gasteiger partial charge in [0.15, 0.2) is 0 Å². The minimum absolute atomic E-state index is 0.114. The Kier molecular flexibility index (Phi) is 5.93. The Labute approximate surface area is 78.6 Å². The van der Waals surface area contributed by atoms with Crippen LogP contribution in [0.2, 0.25) is 0 Å². The van der Waals surface area contributed by atoms with Gasteiger partial charge in [-0.3, -0.25) is 9.59 Å².